The zero-order valence-corrected chi connectivity index (χ0v) is 8.43. The number of hydrogen-bond acceptors (Lipinski definition) is 5. The van der Waals surface area contributed by atoms with E-state index in [2.05, 4.69) is 14.8 Å². The maximum atomic E-state index is 11.0. The van der Waals surface area contributed by atoms with Crippen molar-refractivity contribution in [3.05, 3.63) is 12.2 Å². The van der Waals surface area contributed by atoms with Crippen molar-refractivity contribution in [2.75, 3.05) is 13.7 Å². The van der Waals surface area contributed by atoms with E-state index in [0.29, 0.717) is 6.61 Å². The quantitative estimate of drug-likeness (QED) is 0.665. The molecule has 14 heavy (non-hydrogen) atoms. The van der Waals surface area contributed by atoms with Gasteiger partial charge in [0.2, 0.25) is 0 Å². The summed E-state index contributed by atoms with van der Waals surface area (Å²) in [5, 5.41) is 3.91. The Bertz CT molecular complexity index is 311. The lowest BCUT2D eigenvalue weighted by Crippen LogP contribution is -2.11. The van der Waals surface area contributed by atoms with Crippen LogP contribution >= 0.6 is 0 Å². The van der Waals surface area contributed by atoms with Crippen molar-refractivity contribution in [1.29, 1.82) is 0 Å². The topological polar surface area (TPSA) is 66.2 Å². The molecule has 0 amide bonds. The lowest BCUT2D eigenvalue weighted by molar-refractivity contribution is 0.0152. The number of carbonyl (C=O) groups is 1. The fourth-order valence-electron chi connectivity index (χ4n) is 0.952. The van der Waals surface area contributed by atoms with Crippen LogP contribution < -0.4 is 0 Å². The van der Waals surface area contributed by atoms with E-state index in [0.717, 1.165) is 0 Å². The SMILES string of the molecule is CCOC(C)n1cnc(C(=O)OC)n1. The van der Waals surface area contributed by atoms with Gasteiger partial charge in [0.1, 0.15) is 12.6 Å². The van der Waals surface area contributed by atoms with Gasteiger partial charge >= 0.3 is 5.97 Å². The van der Waals surface area contributed by atoms with Crippen LogP contribution in [0.4, 0.5) is 0 Å². The van der Waals surface area contributed by atoms with E-state index in [4.69, 9.17) is 4.74 Å². The molecule has 0 bridgehead atoms. The summed E-state index contributed by atoms with van der Waals surface area (Å²) in [7, 11) is 1.29. The van der Waals surface area contributed by atoms with E-state index < -0.39 is 5.97 Å². The molecule has 1 atom stereocenters. The summed E-state index contributed by atoms with van der Waals surface area (Å²) in [6, 6.07) is 0. The first-order valence-electron chi connectivity index (χ1n) is 4.30. The summed E-state index contributed by atoms with van der Waals surface area (Å²) in [5.41, 5.74) is 0. The summed E-state index contributed by atoms with van der Waals surface area (Å²) >= 11 is 0. The van der Waals surface area contributed by atoms with Gasteiger partial charge in [0, 0.05) is 6.61 Å². The minimum Gasteiger partial charge on any atom is -0.463 e. The van der Waals surface area contributed by atoms with Crippen LogP contribution in [0.1, 0.15) is 30.7 Å². The molecule has 78 valence electrons. The van der Waals surface area contributed by atoms with Gasteiger partial charge in [-0.15, -0.1) is 5.10 Å². The van der Waals surface area contributed by atoms with Crippen LogP contribution in [-0.2, 0) is 9.47 Å². The molecule has 6 heteroatoms. The van der Waals surface area contributed by atoms with Crippen molar-refractivity contribution in [3.63, 3.8) is 0 Å². The Morgan fingerprint density at radius 2 is 2.43 bits per heavy atom. The van der Waals surface area contributed by atoms with Crippen LogP contribution in [0.3, 0.4) is 0 Å². The van der Waals surface area contributed by atoms with Gasteiger partial charge in [-0.25, -0.2) is 14.5 Å². The molecule has 0 aliphatic carbocycles. The number of ether oxygens (including phenoxy) is 2. The molecule has 1 aromatic heterocycles. The first kappa shape index (κ1) is 10.6. The van der Waals surface area contributed by atoms with Crippen molar-refractivity contribution in [2.24, 2.45) is 0 Å². The predicted octanol–water partition coefficient (Wildman–Crippen LogP) is 0.620. The smallest absolute Gasteiger partial charge is 0.377 e. The Morgan fingerprint density at radius 3 is 3.00 bits per heavy atom. The van der Waals surface area contributed by atoms with Gasteiger partial charge in [-0.05, 0) is 13.8 Å². The lowest BCUT2D eigenvalue weighted by atomic mass is 10.6. The molecule has 1 heterocycles. The highest BCUT2D eigenvalue weighted by Crippen LogP contribution is 2.05. The Morgan fingerprint density at radius 1 is 1.71 bits per heavy atom. The van der Waals surface area contributed by atoms with Crippen LogP contribution in [0, 0.1) is 0 Å². The Balaban J connectivity index is 2.72. The fraction of sp³-hybridized carbons (Fsp3) is 0.625. The number of aromatic nitrogens is 3. The van der Waals surface area contributed by atoms with Gasteiger partial charge in [0.05, 0.1) is 7.11 Å². The van der Waals surface area contributed by atoms with Crippen molar-refractivity contribution in [1.82, 2.24) is 14.8 Å². The standard InChI is InChI=1S/C8H13N3O3/c1-4-14-6(2)11-5-9-7(10-11)8(12)13-3/h5-6H,4H2,1-3H3. The fourth-order valence-corrected chi connectivity index (χ4v) is 0.952. The molecule has 0 radical (unpaired) electrons. The van der Waals surface area contributed by atoms with Gasteiger partial charge in [-0.1, -0.05) is 0 Å². The zero-order valence-electron chi connectivity index (χ0n) is 8.43. The van der Waals surface area contributed by atoms with E-state index in [9.17, 15) is 4.79 Å². The third kappa shape index (κ3) is 2.29. The minimum absolute atomic E-state index is 0.0408. The summed E-state index contributed by atoms with van der Waals surface area (Å²) in [6.07, 6.45) is 1.21. The van der Waals surface area contributed by atoms with Crippen LogP contribution in [0.15, 0.2) is 6.33 Å². The monoisotopic (exact) mass is 199 g/mol. The minimum atomic E-state index is -0.549. The molecule has 0 saturated carbocycles. The molecule has 0 aliphatic rings. The van der Waals surface area contributed by atoms with Gasteiger partial charge in [-0.3, -0.25) is 0 Å². The van der Waals surface area contributed by atoms with Crippen LogP contribution in [-0.4, -0.2) is 34.5 Å². The molecule has 1 aromatic rings. The first-order valence-corrected chi connectivity index (χ1v) is 4.30. The second kappa shape index (κ2) is 4.71. The summed E-state index contributed by atoms with van der Waals surface area (Å²) in [4.78, 5) is 14.8. The normalized spacial score (nSPS) is 12.5. The molecule has 0 N–H and O–H groups in total. The van der Waals surface area contributed by atoms with Crippen LogP contribution in [0.5, 0.6) is 0 Å². The third-order valence-electron chi connectivity index (χ3n) is 1.66. The molecule has 1 unspecified atom stereocenters. The Kier molecular flexibility index (Phi) is 3.58. The second-order valence-electron chi connectivity index (χ2n) is 2.59. The maximum Gasteiger partial charge on any atom is 0.377 e. The van der Waals surface area contributed by atoms with Crippen LogP contribution in [0.2, 0.25) is 0 Å². The van der Waals surface area contributed by atoms with Crippen molar-refractivity contribution >= 4 is 5.97 Å². The average molecular weight is 199 g/mol. The van der Waals surface area contributed by atoms with E-state index in [1.165, 1.54) is 18.1 Å². The number of hydrogen-bond donors (Lipinski definition) is 0. The van der Waals surface area contributed by atoms with Crippen molar-refractivity contribution < 1.29 is 14.3 Å². The summed E-state index contributed by atoms with van der Waals surface area (Å²) < 4.78 is 11.2. The molecule has 0 aromatic carbocycles. The molecule has 0 fully saturated rings. The van der Waals surface area contributed by atoms with E-state index >= 15 is 0 Å². The molecule has 0 saturated heterocycles. The second-order valence-corrected chi connectivity index (χ2v) is 2.59. The molecule has 6 nitrogen and oxygen atoms in total. The van der Waals surface area contributed by atoms with Gasteiger partial charge in [-0.2, -0.15) is 0 Å². The van der Waals surface area contributed by atoms with Gasteiger partial charge in [0.25, 0.3) is 5.82 Å². The van der Waals surface area contributed by atoms with Crippen LogP contribution in [0.25, 0.3) is 0 Å². The molecular formula is C8H13N3O3. The largest absolute Gasteiger partial charge is 0.463 e. The average Bonchev–Trinajstić information content (AvgIpc) is 2.66. The number of carbonyl (C=O) groups excluding carboxylic acids is 1. The lowest BCUT2D eigenvalue weighted by Gasteiger charge is -2.10. The molecule has 0 aliphatic heterocycles. The van der Waals surface area contributed by atoms with E-state index in [1.54, 1.807) is 0 Å². The summed E-state index contributed by atoms with van der Waals surface area (Å²) in [6.45, 7) is 4.28. The Hall–Kier alpha value is -1.43. The maximum absolute atomic E-state index is 11.0. The van der Waals surface area contributed by atoms with Gasteiger partial charge in [0.15, 0.2) is 0 Å². The Labute approximate surface area is 81.8 Å². The number of methoxy groups -OCH3 is 1. The highest BCUT2D eigenvalue weighted by molar-refractivity contribution is 5.84. The molecule has 1 rings (SSSR count). The van der Waals surface area contributed by atoms with Gasteiger partial charge < -0.3 is 9.47 Å². The number of rotatable bonds is 4. The third-order valence-corrected chi connectivity index (χ3v) is 1.66. The highest BCUT2D eigenvalue weighted by atomic mass is 16.5. The van der Waals surface area contributed by atoms with Crippen molar-refractivity contribution in [2.45, 2.75) is 20.1 Å². The first-order chi connectivity index (χ1) is 6.69. The molecule has 0 spiro atoms. The number of esters is 1. The zero-order chi connectivity index (χ0) is 10.6. The van der Waals surface area contributed by atoms with E-state index in [1.807, 2.05) is 13.8 Å². The summed E-state index contributed by atoms with van der Waals surface area (Å²) in [5.74, 6) is -0.508. The predicted molar refractivity (Wildman–Crippen MR) is 47.7 cm³/mol. The molecular weight excluding hydrogens is 186 g/mol. The van der Waals surface area contributed by atoms with E-state index in [-0.39, 0.29) is 12.1 Å². The highest BCUT2D eigenvalue weighted by Gasteiger charge is 2.13. The number of nitrogens with zero attached hydrogens (tertiary/aromatic N) is 3. The van der Waals surface area contributed by atoms with Crippen molar-refractivity contribution in [3.8, 4) is 0 Å².